The van der Waals surface area contributed by atoms with Crippen LogP contribution in [0, 0.1) is 19.7 Å². The number of rotatable bonds is 3. The molecular formula is C16H16BrFO. The van der Waals surface area contributed by atoms with Gasteiger partial charge in [0, 0.05) is 10.9 Å². The molecule has 2 rings (SSSR count). The van der Waals surface area contributed by atoms with Crippen molar-refractivity contribution >= 4 is 15.9 Å². The summed E-state index contributed by atoms with van der Waals surface area (Å²) in [5, 5.41) is 10.3. The van der Waals surface area contributed by atoms with E-state index in [4.69, 9.17) is 0 Å². The van der Waals surface area contributed by atoms with E-state index < -0.39 is 6.10 Å². The van der Waals surface area contributed by atoms with Crippen molar-refractivity contribution in [1.82, 2.24) is 0 Å². The van der Waals surface area contributed by atoms with Gasteiger partial charge in [0.15, 0.2) is 0 Å². The Morgan fingerprint density at radius 3 is 2.58 bits per heavy atom. The fourth-order valence-corrected chi connectivity index (χ4v) is 2.73. The lowest BCUT2D eigenvalue weighted by Crippen LogP contribution is -2.04. The van der Waals surface area contributed by atoms with Gasteiger partial charge in [0.05, 0.1) is 6.10 Å². The quantitative estimate of drug-likeness (QED) is 0.883. The average Bonchev–Trinajstić information content (AvgIpc) is 2.33. The molecule has 2 aromatic carbocycles. The van der Waals surface area contributed by atoms with E-state index in [-0.39, 0.29) is 5.82 Å². The summed E-state index contributed by atoms with van der Waals surface area (Å²) in [6.07, 6.45) is -0.118. The van der Waals surface area contributed by atoms with Crippen molar-refractivity contribution in [3.8, 4) is 0 Å². The molecule has 0 spiro atoms. The normalized spacial score (nSPS) is 12.5. The molecule has 3 heteroatoms. The minimum absolute atomic E-state index is 0.311. The number of hydrogen-bond donors (Lipinski definition) is 1. The van der Waals surface area contributed by atoms with Gasteiger partial charge in [-0.15, -0.1) is 0 Å². The third kappa shape index (κ3) is 3.43. The van der Waals surface area contributed by atoms with Crippen molar-refractivity contribution in [1.29, 1.82) is 0 Å². The van der Waals surface area contributed by atoms with E-state index in [2.05, 4.69) is 34.1 Å². The minimum atomic E-state index is -0.643. The van der Waals surface area contributed by atoms with Crippen molar-refractivity contribution in [2.75, 3.05) is 0 Å². The zero-order valence-corrected chi connectivity index (χ0v) is 12.5. The van der Waals surface area contributed by atoms with E-state index in [0.717, 1.165) is 11.1 Å². The van der Waals surface area contributed by atoms with E-state index in [9.17, 15) is 9.50 Å². The molecule has 0 saturated carbocycles. The Labute approximate surface area is 121 Å². The first-order valence-corrected chi connectivity index (χ1v) is 6.96. The summed E-state index contributed by atoms with van der Waals surface area (Å²) in [7, 11) is 0. The van der Waals surface area contributed by atoms with E-state index in [1.165, 1.54) is 17.7 Å². The van der Waals surface area contributed by atoms with Crippen LogP contribution >= 0.6 is 15.9 Å². The number of benzene rings is 2. The molecule has 0 aliphatic rings. The second kappa shape index (κ2) is 5.85. The summed E-state index contributed by atoms with van der Waals surface area (Å²) in [4.78, 5) is 0. The number of aliphatic hydroxyl groups is 1. The Hall–Kier alpha value is -1.19. The fraction of sp³-hybridized carbons (Fsp3) is 0.250. The highest BCUT2D eigenvalue weighted by Gasteiger charge is 2.14. The Balaban J connectivity index is 2.25. The molecule has 0 aliphatic carbocycles. The minimum Gasteiger partial charge on any atom is -0.388 e. The smallest absolute Gasteiger partial charge is 0.124 e. The molecule has 0 fully saturated rings. The van der Waals surface area contributed by atoms with E-state index >= 15 is 0 Å². The van der Waals surface area contributed by atoms with Gasteiger partial charge < -0.3 is 5.11 Å². The third-order valence-electron chi connectivity index (χ3n) is 3.24. The molecule has 0 aromatic heterocycles. The SMILES string of the molecule is Cc1ccc(C)c(CC(O)c2ccc(F)cc2Br)c1. The fourth-order valence-electron chi connectivity index (χ4n) is 2.11. The van der Waals surface area contributed by atoms with Crippen molar-refractivity contribution in [2.24, 2.45) is 0 Å². The first-order chi connectivity index (χ1) is 8.97. The number of halogens is 2. The van der Waals surface area contributed by atoms with Crippen LogP contribution in [-0.2, 0) is 6.42 Å². The summed E-state index contributed by atoms with van der Waals surface area (Å²) in [5.41, 5.74) is 4.15. The van der Waals surface area contributed by atoms with Crippen LogP contribution in [-0.4, -0.2) is 5.11 Å². The van der Waals surface area contributed by atoms with Gasteiger partial charge in [0.1, 0.15) is 5.82 Å². The summed E-state index contributed by atoms with van der Waals surface area (Å²) in [5.74, 6) is -0.311. The van der Waals surface area contributed by atoms with Gasteiger partial charge in [-0.25, -0.2) is 4.39 Å². The Bertz CT molecular complexity index is 595. The molecule has 1 nitrogen and oxygen atoms in total. The molecule has 1 N–H and O–H groups in total. The van der Waals surface area contributed by atoms with Crippen LogP contribution in [0.25, 0.3) is 0 Å². The summed E-state index contributed by atoms with van der Waals surface area (Å²) in [6, 6.07) is 10.6. The molecule has 0 heterocycles. The number of aryl methyl sites for hydroxylation is 2. The molecule has 1 unspecified atom stereocenters. The number of aliphatic hydroxyl groups excluding tert-OH is 1. The van der Waals surface area contributed by atoms with E-state index in [1.807, 2.05) is 13.8 Å². The zero-order chi connectivity index (χ0) is 14.0. The second-order valence-electron chi connectivity index (χ2n) is 4.82. The first-order valence-electron chi connectivity index (χ1n) is 6.16. The summed E-state index contributed by atoms with van der Waals surface area (Å²) in [6.45, 7) is 4.06. The Kier molecular flexibility index (Phi) is 4.38. The van der Waals surface area contributed by atoms with Gasteiger partial charge in [-0.3, -0.25) is 0 Å². The van der Waals surface area contributed by atoms with Crippen LogP contribution in [0.1, 0.15) is 28.4 Å². The monoisotopic (exact) mass is 322 g/mol. The van der Waals surface area contributed by atoms with Crippen LogP contribution in [0.4, 0.5) is 4.39 Å². The maximum absolute atomic E-state index is 13.0. The Morgan fingerprint density at radius 1 is 1.16 bits per heavy atom. The van der Waals surface area contributed by atoms with E-state index in [0.29, 0.717) is 16.5 Å². The first kappa shape index (κ1) is 14.2. The predicted molar refractivity (Wildman–Crippen MR) is 78.7 cm³/mol. The van der Waals surface area contributed by atoms with Gasteiger partial charge in [-0.2, -0.15) is 0 Å². The molecule has 2 aromatic rings. The molecule has 0 aliphatic heterocycles. The standard InChI is InChI=1S/C16H16BrFO/c1-10-3-4-11(2)12(7-10)8-16(19)14-6-5-13(18)9-15(14)17/h3-7,9,16,19H,8H2,1-2H3. The highest BCUT2D eigenvalue weighted by molar-refractivity contribution is 9.10. The molecule has 0 radical (unpaired) electrons. The maximum atomic E-state index is 13.0. The maximum Gasteiger partial charge on any atom is 0.124 e. The van der Waals surface area contributed by atoms with Gasteiger partial charge in [0.2, 0.25) is 0 Å². The van der Waals surface area contributed by atoms with Gasteiger partial charge in [0.25, 0.3) is 0 Å². The molecule has 1 atom stereocenters. The highest BCUT2D eigenvalue weighted by atomic mass is 79.9. The topological polar surface area (TPSA) is 20.2 Å². The van der Waals surface area contributed by atoms with Gasteiger partial charge in [-0.1, -0.05) is 45.8 Å². The lowest BCUT2D eigenvalue weighted by Gasteiger charge is -2.15. The summed E-state index contributed by atoms with van der Waals surface area (Å²) < 4.78 is 13.6. The lowest BCUT2D eigenvalue weighted by molar-refractivity contribution is 0.177. The van der Waals surface area contributed by atoms with E-state index in [1.54, 1.807) is 6.07 Å². The highest BCUT2D eigenvalue weighted by Crippen LogP contribution is 2.27. The lowest BCUT2D eigenvalue weighted by atomic mass is 9.97. The summed E-state index contributed by atoms with van der Waals surface area (Å²) >= 11 is 3.29. The van der Waals surface area contributed by atoms with Crippen LogP contribution in [0.2, 0.25) is 0 Å². The Morgan fingerprint density at radius 2 is 1.89 bits per heavy atom. The molecule has 0 amide bonds. The molecule has 100 valence electrons. The van der Waals surface area contributed by atoms with Crippen molar-refractivity contribution in [3.05, 3.63) is 68.9 Å². The van der Waals surface area contributed by atoms with Crippen LogP contribution < -0.4 is 0 Å². The van der Waals surface area contributed by atoms with Crippen molar-refractivity contribution in [3.63, 3.8) is 0 Å². The van der Waals surface area contributed by atoms with Crippen molar-refractivity contribution in [2.45, 2.75) is 26.4 Å². The molecule has 19 heavy (non-hydrogen) atoms. The van der Waals surface area contributed by atoms with Gasteiger partial charge >= 0.3 is 0 Å². The van der Waals surface area contributed by atoms with Crippen LogP contribution in [0.5, 0.6) is 0 Å². The van der Waals surface area contributed by atoms with Crippen LogP contribution in [0.3, 0.4) is 0 Å². The van der Waals surface area contributed by atoms with Crippen molar-refractivity contribution < 1.29 is 9.50 Å². The molecular weight excluding hydrogens is 307 g/mol. The third-order valence-corrected chi connectivity index (χ3v) is 3.93. The predicted octanol–water partition coefficient (Wildman–Crippen LogP) is 4.48. The largest absolute Gasteiger partial charge is 0.388 e. The second-order valence-corrected chi connectivity index (χ2v) is 5.67. The van der Waals surface area contributed by atoms with Crippen LogP contribution in [0.15, 0.2) is 40.9 Å². The van der Waals surface area contributed by atoms with Gasteiger partial charge in [-0.05, 0) is 42.7 Å². The number of hydrogen-bond acceptors (Lipinski definition) is 1. The molecule has 0 saturated heterocycles. The average molecular weight is 323 g/mol. The zero-order valence-electron chi connectivity index (χ0n) is 11.0. The molecule has 0 bridgehead atoms.